The largest absolute Gasteiger partial charge is 0.341 e. The van der Waals surface area contributed by atoms with Gasteiger partial charge in [-0.1, -0.05) is 44.2 Å². The van der Waals surface area contributed by atoms with Crippen LogP contribution in [0.4, 0.5) is 0 Å². The fourth-order valence-electron chi connectivity index (χ4n) is 2.40. The molecule has 18 heavy (non-hydrogen) atoms. The average molecular weight is 242 g/mol. The minimum atomic E-state index is -0.667. The monoisotopic (exact) mass is 242 g/mol. The smallest absolute Gasteiger partial charge is 0.244 e. The van der Waals surface area contributed by atoms with Gasteiger partial charge in [0.2, 0.25) is 5.91 Å². The topological polar surface area (TPSA) is 44.1 Å². The Labute approximate surface area is 108 Å². The van der Waals surface area contributed by atoms with Crippen LogP contribution in [0.3, 0.4) is 0 Å². The minimum absolute atomic E-state index is 0.0609. The Morgan fingerprint density at radius 3 is 2.56 bits per heavy atom. The van der Waals surface area contributed by atoms with Gasteiger partial charge in [-0.3, -0.25) is 4.79 Å². The number of amides is 1. The number of nitriles is 1. The van der Waals surface area contributed by atoms with Crippen molar-refractivity contribution < 1.29 is 4.79 Å². The van der Waals surface area contributed by atoms with E-state index in [0.717, 1.165) is 25.1 Å². The third-order valence-corrected chi connectivity index (χ3v) is 3.50. The average Bonchev–Trinajstić information content (AvgIpc) is 2.72. The lowest BCUT2D eigenvalue weighted by Gasteiger charge is -2.22. The first-order valence-electron chi connectivity index (χ1n) is 6.27. The van der Waals surface area contributed by atoms with E-state index in [4.69, 9.17) is 0 Å². The summed E-state index contributed by atoms with van der Waals surface area (Å²) in [6.45, 7) is 5.82. The maximum Gasteiger partial charge on any atom is 0.244 e. The summed E-state index contributed by atoms with van der Waals surface area (Å²) in [6.07, 6.45) is 1.01. The second-order valence-corrected chi connectivity index (χ2v) is 5.65. The van der Waals surface area contributed by atoms with E-state index in [1.54, 1.807) is 0 Å². The molecule has 0 bridgehead atoms. The molecular weight excluding hydrogens is 224 g/mol. The summed E-state index contributed by atoms with van der Waals surface area (Å²) in [4.78, 5) is 14.2. The molecule has 1 saturated heterocycles. The first kappa shape index (κ1) is 12.6. The number of hydrogen-bond acceptors (Lipinski definition) is 2. The summed E-state index contributed by atoms with van der Waals surface area (Å²) in [5, 5.41) is 9.24. The van der Waals surface area contributed by atoms with Crippen molar-refractivity contribution in [2.75, 3.05) is 13.1 Å². The maximum atomic E-state index is 12.4. The van der Waals surface area contributed by atoms with Crippen molar-refractivity contribution >= 4 is 5.91 Å². The molecule has 2 rings (SSSR count). The Bertz CT molecular complexity index is 473. The molecule has 1 aromatic carbocycles. The predicted molar refractivity (Wildman–Crippen MR) is 69.8 cm³/mol. The highest BCUT2D eigenvalue weighted by Crippen LogP contribution is 2.31. The van der Waals surface area contributed by atoms with Gasteiger partial charge in [-0.05, 0) is 17.4 Å². The fraction of sp³-hybridized carbons (Fsp3) is 0.467. The molecule has 0 aliphatic carbocycles. The molecule has 1 aliphatic heterocycles. The molecule has 1 unspecified atom stereocenters. The van der Waals surface area contributed by atoms with Crippen LogP contribution in [0, 0.1) is 16.7 Å². The zero-order valence-electron chi connectivity index (χ0n) is 10.9. The van der Waals surface area contributed by atoms with Crippen LogP contribution in [0.2, 0.25) is 0 Å². The second kappa shape index (κ2) is 4.81. The quantitative estimate of drug-likeness (QED) is 0.800. The number of hydrogen-bond donors (Lipinski definition) is 0. The Morgan fingerprint density at radius 1 is 1.39 bits per heavy atom. The Morgan fingerprint density at radius 2 is 2.06 bits per heavy atom. The lowest BCUT2D eigenvalue weighted by molar-refractivity contribution is -0.130. The molecule has 1 aromatic rings. The Kier molecular flexibility index (Phi) is 3.38. The zero-order chi connectivity index (χ0) is 13.2. The van der Waals surface area contributed by atoms with Gasteiger partial charge in [0.05, 0.1) is 6.07 Å². The highest BCUT2D eigenvalue weighted by Gasteiger charge is 2.35. The number of nitrogens with zero attached hydrogens (tertiary/aromatic N) is 2. The summed E-state index contributed by atoms with van der Waals surface area (Å²) in [5.74, 6) is -0.727. The molecule has 0 spiro atoms. The molecular formula is C15H18N2O. The first-order valence-corrected chi connectivity index (χ1v) is 6.27. The molecule has 1 fully saturated rings. The SMILES string of the molecule is CC1(C)CCN(C(=O)C(C#N)c2ccccc2)C1. The van der Waals surface area contributed by atoms with E-state index in [2.05, 4.69) is 19.9 Å². The van der Waals surface area contributed by atoms with E-state index in [1.165, 1.54) is 0 Å². The highest BCUT2D eigenvalue weighted by atomic mass is 16.2. The summed E-state index contributed by atoms with van der Waals surface area (Å²) in [6, 6.07) is 11.4. The van der Waals surface area contributed by atoms with Crippen molar-refractivity contribution in [3.05, 3.63) is 35.9 Å². The van der Waals surface area contributed by atoms with Crippen molar-refractivity contribution in [3.8, 4) is 6.07 Å². The van der Waals surface area contributed by atoms with Crippen LogP contribution in [0.15, 0.2) is 30.3 Å². The summed E-state index contributed by atoms with van der Waals surface area (Å²) < 4.78 is 0. The Balaban J connectivity index is 2.16. The molecule has 1 heterocycles. The molecule has 3 nitrogen and oxygen atoms in total. The number of rotatable bonds is 2. The highest BCUT2D eigenvalue weighted by molar-refractivity contribution is 5.86. The van der Waals surface area contributed by atoms with E-state index < -0.39 is 5.92 Å². The van der Waals surface area contributed by atoms with E-state index in [0.29, 0.717) is 0 Å². The maximum absolute atomic E-state index is 12.4. The molecule has 0 N–H and O–H groups in total. The minimum Gasteiger partial charge on any atom is -0.341 e. The molecule has 1 aliphatic rings. The van der Waals surface area contributed by atoms with E-state index >= 15 is 0 Å². The van der Waals surface area contributed by atoms with Gasteiger partial charge >= 0.3 is 0 Å². The van der Waals surface area contributed by atoms with Gasteiger partial charge in [0.1, 0.15) is 5.92 Å². The second-order valence-electron chi connectivity index (χ2n) is 5.65. The lowest BCUT2D eigenvalue weighted by atomic mass is 9.93. The lowest BCUT2D eigenvalue weighted by Crippen LogP contribution is -2.34. The third kappa shape index (κ3) is 2.53. The third-order valence-electron chi connectivity index (χ3n) is 3.50. The van der Waals surface area contributed by atoms with Crippen LogP contribution in [0.25, 0.3) is 0 Å². The van der Waals surface area contributed by atoms with Crippen LogP contribution in [0.5, 0.6) is 0 Å². The summed E-state index contributed by atoms with van der Waals surface area (Å²) >= 11 is 0. The number of carbonyl (C=O) groups is 1. The van der Waals surface area contributed by atoms with Gasteiger partial charge in [0, 0.05) is 13.1 Å². The van der Waals surface area contributed by atoms with E-state index in [1.807, 2.05) is 35.2 Å². The molecule has 94 valence electrons. The summed E-state index contributed by atoms with van der Waals surface area (Å²) in [5.41, 5.74) is 0.960. The van der Waals surface area contributed by atoms with Gasteiger partial charge in [-0.15, -0.1) is 0 Å². The van der Waals surface area contributed by atoms with Crippen molar-refractivity contribution in [3.63, 3.8) is 0 Å². The van der Waals surface area contributed by atoms with E-state index in [-0.39, 0.29) is 11.3 Å². The molecule has 0 aromatic heterocycles. The van der Waals surface area contributed by atoms with Crippen LogP contribution in [-0.2, 0) is 4.79 Å². The first-order chi connectivity index (χ1) is 8.53. The van der Waals surface area contributed by atoms with Gasteiger partial charge in [0.25, 0.3) is 0 Å². The number of benzene rings is 1. The van der Waals surface area contributed by atoms with Crippen molar-refractivity contribution in [2.45, 2.75) is 26.2 Å². The van der Waals surface area contributed by atoms with Crippen LogP contribution in [-0.4, -0.2) is 23.9 Å². The van der Waals surface area contributed by atoms with Crippen LogP contribution in [0.1, 0.15) is 31.7 Å². The standard InChI is InChI=1S/C15H18N2O/c1-15(2)8-9-17(11-15)14(18)13(10-16)12-6-4-3-5-7-12/h3-7,13H,8-9,11H2,1-2H3. The van der Waals surface area contributed by atoms with Gasteiger partial charge in [-0.2, -0.15) is 5.26 Å². The van der Waals surface area contributed by atoms with Crippen LogP contribution >= 0.6 is 0 Å². The van der Waals surface area contributed by atoms with Crippen molar-refractivity contribution in [1.82, 2.24) is 4.90 Å². The summed E-state index contributed by atoms with van der Waals surface area (Å²) in [7, 11) is 0. The predicted octanol–water partition coefficient (Wildman–Crippen LogP) is 2.55. The van der Waals surface area contributed by atoms with Crippen molar-refractivity contribution in [1.29, 1.82) is 5.26 Å². The molecule has 3 heteroatoms. The number of likely N-dealkylation sites (tertiary alicyclic amines) is 1. The van der Waals surface area contributed by atoms with Crippen LogP contribution < -0.4 is 0 Å². The van der Waals surface area contributed by atoms with Gasteiger partial charge in [0.15, 0.2) is 0 Å². The molecule has 0 radical (unpaired) electrons. The Hall–Kier alpha value is -1.82. The normalized spacial score (nSPS) is 19.3. The van der Waals surface area contributed by atoms with Gasteiger partial charge < -0.3 is 4.90 Å². The molecule has 0 saturated carbocycles. The van der Waals surface area contributed by atoms with E-state index in [9.17, 15) is 10.1 Å². The molecule has 1 amide bonds. The fourth-order valence-corrected chi connectivity index (χ4v) is 2.40. The molecule has 1 atom stereocenters. The zero-order valence-corrected chi connectivity index (χ0v) is 10.9. The van der Waals surface area contributed by atoms with Gasteiger partial charge in [-0.25, -0.2) is 0 Å². The number of carbonyl (C=O) groups excluding carboxylic acids is 1. The van der Waals surface area contributed by atoms with Crippen molar-refractivity contribution in [2.24, 2.45) is 5.41 Å².